The zero-order valence-corrected chi connectivity index (χ0v) is 7.74. The molecule has 0 unspecified atom stereocenters. The third kappa shape index (κ3) is 1.58. The molecule has 0 saturated carbocycles. The highest BCUT2D eigenvalue weighted by molar-refractivity contribution is 9.10. The van der Waals surface area contributed by atoms with Crippen LogP contribution >= 0.6 is 15.9 Å². The first kappa shape index (κ1) is 7.61. The molecular formula is C8H6BrNO2. The molecule has 3 nitrogen and oxygen atoms in total. The average molecular weight is 228 g/mol. The Hall–Kier alpha value is -1.03. The van der Waals surface area contributed by atoms with E-state index in [1.807, 2.05) is 12.1 Å². The van der Waals surface area contributed by atoms with E-state index in [-0.39, 0.29) is 0 Å². The van der Waals surface area contributed by atoms with Gasteiger partial charge in [-0.1, -0.05) is 0 Å². The van der Waals surface area contributed by atoms with Gasteiger partial charge in [0.2, 0.25) is 5.89 Å². The van der Waals surface area contributed by atoms with E-state index in [1.54, 1.807) is 12.5 Å². The Morgan fingerprint density at radius 3 is 3.00 bits per heavy atom. The van der Waals surface area contributed by atoms with Gasteiger partial charge >= 0.3 is 0 Å². The normalized spacial score (nSPS) is 10.4. The van der Waals surface area contributed by atoms with E-state index < -0.39 is 0 Å². The van der Waals surface area contributed by atoms with Gasteiger partial charge in [-0.05, 0) is 28.1 Å². The summed E-state index contributed by atoms with van der Waals surface area (Å²) in [4.78, 5) is 4.02. The van der Waals surface area contributed by atoms with Gasteiger partial charge in [0.05, 0.1) is 18.9 Å². The molecule has 4 heteroatoms. The highest BCUT2D eigenvalue weighted by Gasteiger charge is 2.04. The average Bonchev–Trinajstić information content (AvgIpc) is 2.63. The van der Waals surface area contributed by atoms with Crippen molar-refractivity contribution in [2.45, 2.75) is 6.42 Å². The minimum Gasteiger partial charge on any atom is -0.469 e. The lowest BCUT2D eigenvalue weighted by Crippen LogP contribution is -1.83. The monoisotopic (exact) mass is 227 g/mol. The van der Waals surface area contributed by atoms with E-state index in [4.69, 9.17) is 8.83 Å². The lowest BCUT2D eigenvalue weighted by Gasteiger charge is -1.88. The van der Waals surface area contributed by atoms with Crippen LogP contribution in [0.1, 0.15) is 11.7 Å². The maximum Gasteiger partial charge on any atom is 0.203 e. The van der Waals surface area contributed by atoms with Crippen LogP contribution in [-0.4, -0.2) is 4.98 Å². The van der Waals surface area contributed by atoms with Crippen LogP contribution in [0.2, 0.25) is 0 Å². The fourth-order valence-electron chi connectivity index (χ4n) is 0.932. The summed E-state index contributed by atoms with van der Waals surface area (Å²) in [6.45, 7) is 0. The fourth-order valence-corrected chi connectivity index (χ4v) is 1.22. The molecule has 0 N–H and O–H groups in total. The molecule has 0 bridgehead atoms. The SMILES string of the molecule is Brc1cnc(Cc2ccco2)o1. The molecule has 0 aliphatic heterocycles. The zero-order chi connectivity index (χ0) is 8.39. The van der Waals surface area contributed by atoms with Gasteiger partial charge in [0.15, 0.2) is 4.67 Å². The number of rotatable bonds is 2. The van der Waals surface area contributed by atoms with Crippen molar-refractivity contribution in [1.82, 2.24) is 4.98 Å². The van der Waals surface area contributed by atoms with Gasteiger partial charge in [0.25, 0.3) is 0 Å². The van der Waals surface area contributed by atoms with Crippen molar-refractivity contribution in [3.63, 3.8) is 0 Å². The standard InChI is InChI=1S/C8H6BrNO2/c9-7-5-10-8(12-7)4-6-2-1-3-11-6/h1-3,5H,4H2. The first-order valence-electron chi connectivity index (χ1n) is 3.47. The lowest BCUT2D eigenvalue weighted by atomic mass is 10.3. The summed E-state index contributed by atoms with van der Waals surface area (Å²) in [7, 11) is 0. The fraction of sp³-hybridized carbons (Fsp3) is 0.125. The Labute approximate surface area is 77.5 Å². The Kier molecular flexibility index (Phi) is 1.99. The van der Waals surface area contributed by atoms with Crippen LogP contribution in [0.15, 0.2) is 38.1 Å². The van der Waals surface area contributed by atoms with Crippen molar-refractivity contribution < 1.29 is 8.83 Å². The Balaban J connectivity index is 2.14. The Morgan fingerprint density at radius 2 is 2.42 bits per heavy atom. The molecule has 0 saturated heterocycles. The highest BCUT2D eigenvalue weighted by Crippen LogP contribution is 2.14. The summed E-state index contributed by atoms with van der Waals surface area (Å²) in [5.74, 6) is 1.50. The molecule has 0 fully saturated rings. The number of oxazole rings is 1. The van der Waals surface area contributed by atoms with Gasteiger partial charge < -0.3 is 8.83 Å². The summed E-state index contributed by atoms with van der Waals surface area (Å²) in [6, 6.07) is 3.73. The van der Waals surface area contributed by atoms with Crippen molar-refractivity contribution in [2.24, 2.45) is 0 Å². The van der Waals surface area contributed by atoms with E-state index in [0.29, 0.717) is 17.0 Å². The van der Waals surface area contributed by atoms with Gasteiger partial charge in [0, 0.05) is 0 Å². The first-order chi connectivity index (χ1) is 5.84. The van der Waals surface area contributed by atoms with E-state index in [9.17, 15) is 0 Å². The van der Waals surface area contributed by atoms with Crippen molar-refractivity contribution >= 4 is 15.9 Å². The van der Waals surface area contributed by atoms with E-state index >= 15 is 0 Å². The van der Waals surface area contributed by atoms with Crippen LogP contribution in [-0.2, 0) is 6.42 Å². The molecular weight excluding hydrogens is 222 g/mol. The van der Waals surface area contributed by atoms with Crippen LogP contribution in [0.5, 0.6) is 0 Å². The molecule has 0 spiro atoms. The quantitative estimate of drug-likeness (QED) is 0.792. The van der Waals surface area contributed by atoms with Crippen LogP contribution in [0.4, 0.5) is 0 Å². The van der Waals surface area contributed by atoms with Crippen molar-refractivity contribution in [2.75, 3.05) is 0 Å². The molecule has 2 aromatic heterocycles. The molecule has 0 radical (unpaired) electrons. The second-order valence-corrected chi connectivity index (χ2v) is 3.10. The van der Waals surface area contributed by atoms with Crippen molar-refractivity contribution in [3.8, 4) is 0 Å². The summed E-state index contributed by atoms with van der Waals surface area (Å²) >= 11 is 3.18. The predicted molar refractivity (Wildman–Crippen MR) is 45.7 cm³/mol. The maximum atomic E-state index is 5.20. The highest BCUT2D eigenvalue weighted by atomic mass is 79.9. The number of nitrogens with zero attached hydrogens (tertiary/aromatic N) is 1. The van der Waals surface area contributed by atoms with E-state index in [1.165, 1.54) is 0 Å². The molecule has 0 aliphatic carbocycles. The Morgan fingerprint density at radius 1 is 1.50 bits per heavy atom. The maximum absolute atomic E-state index is 5.20. The topological polar surface area (TPSA) is 39.2 Å². The van der Waals surface area contributed by atoms with Gasteiger partial charge in [-0.25, -0.2) is 4.98 Å². The van der Waals surface area contributed by atoms with Gasteiger partial charge in [0.1, 0.15) is 5.76 Å². The van der Waals surface area contributed by atoms with Crippen molar-refractivity contribution in [1.29, 1.82) is 0 Å². The number of halogens is 1. The summed E-state index contributed by atoms with van der Waals surface area (Å²) in [5, 5.41) is 0. The smallest absolute Gasteiger partial charge is 0.203 e. The lowest BCUT2D eigenvalue weighted by molar-refractivity contribution is 0.453. The summed E-state index contributed by atoms with van der Waals surface area (Å²) in [5.41, 5.74) is 0. The van der Waals surface area contributed by atoms with E-state index in [0.717, 1.165) is 5.76 Å². The molecule has 62 valence electrons. The minimum absolute atomic E-state index is 0.596. The second-order valence-electron chi connectivity index (χ2n) is 2.31. The van der Waals surface area contributed by atoms with Crippen LogP contribution < -0.4 is 0 Å². The third-order valence-corrected chi connectivity index (χ3v) is 1.80. The van der Waals surface area contributed by atoms with Crippen LogP contribution in [0.25, 0.3) is 0 Å². The molecule has 0 aromatic carbocycles. The van der Waals surface area contributed by atoms with Gasteiger partial charge in [-0.2, -0.15) is 0 Å². The Bertz CT molecular complexity index is 353. The molecule has 2 rings (SSSR count). The van der Waals surface area contributed by atoms with Crippen LogP contribution in [0, 0.1) is 0 Å². The first-order valence-corrected chi connectivity index (χ1v) is 4.26. The van der Waals surface area contributed by atoms with Gasteiger partial charge in [-0.15, -0.1) is 0 Å². The third-order valence-electron chi connectivity index (χ3n) is 1.43. The number of hydrogen-bond acceptors (Lipinski definition) is 3. The minimum atomic E-state index is 0.596. The van der Waals surface area contributed by atoms with Crippen LogP contribution in [0.3, 0.4) is 0 Å². The zero-order valence-electron chi connectivity index (χ0n) is 6.16. The molecule has 0 amide bonds. The van der Waals surface area contributed by atoms with Gasteiger partial charge in [-0.3, -0.25) is 0 Å². The number of aromatic nitrogens is 1. The van der Waals surface area contributed by atoms with E-state index in [2.05, 4.69) is 20.9 Å². The molecule has 0 atom stereocenters. The van der Waals surface area contributed by atoms with Crippen molar-refractivity contribution in [3.05, 3.63) is 40.9 Å². The molecule has 2 heterocycles. The second kappa shape index (κ2) is 3.15. The molecule has 0 aliphatic rings. The molecule has 12 heavy (non-hydrogen) atoms. The molecule has 2 aromatic rings. The number of hydrogen-bond donors (Lipinski definition) is 0. The number of furan rings is 1. The largest absolute Gasteiger partial charge is 0.469 e. The predicted octanol–water partition coefficient (Wildman–Crippen LogP) is 2.62. The summed E-state index contributed by atoms with van der Waals surface area (Å²) < 4.78 is 11.0. The summed E-state index contributed by atoms with van der Waals surface area (Å²) in [6.07, 6.45) is 3.85.